The summed E-state index contributed by atoms with van der Waals surface area (Å²) in [5.74, 6) is 0.944. The smallest absolute Gasteiger partial charge is 0.203 e. The van der Waals surface area contributed by atoms with Crippen molar-refractivity contribution in [1.82, 2.24) is 15.2 Å². The van der Waals surface area contributed by atoms with Crippen molar-refractivity contribution in [3.63, 3.8) is 0 Å². The Bertz CT molecular complexity index is 462. The number of thiazole rings is 1. The minimum atomic E-state index is 0.504. The molecule has 2 aromatic heterocycles. The van der Waals surface area contributed by atoms with Crippen molar-refractivity contribution in [3.8, 4) is 9.88 Å². The lowest BCUT2D eigenvalue weighted by Crippen LogP contribution is -1.80. The number of rotatable bonds is 3. The van der Waals surface area contributed by atoms with Crippen LogP contribution in [0.1, 0.15) is 10.7 Å². The first-order valence-electron chi connectivity index (χ1n) is 4.25. The molecule has 0 aliphatic carbocycles. The SMILES string of the molecule is CSCc1nc(C)c(-c2nnc(N)s2)s1. The lowest BCUT2D eigenvalue weighted by atomic mass is 10.4. The molecule has 0 fully saturated rings. The molecule has 2 rings (SSSR count). The fourth-order valence-electron chi connectivity index (χ4n) is 1.16. The molecule has 0 aliphatic heterocycles. The fourth-order valence-corrected chi connectivity index (χ4v) is 3.65. The molecule has 7 heteroatoms. The quantitative estimate of drug-likeness (QED) is 0.916. The van der Waals surface area contributed by atoms with Crippen molar-refractivity contribution in [2.75, 3.05) is 12.0 Å². The topological polar surface area (TPSA) is 64.7 Å². The molecule has 0 bridgehead atoms. The molecule has 0 atom stereocenters. The van der Waals surface area contributed by atoms with Gasteiger partial charge in [0.2, 0.25) is 5.13 Å². The molecular weight excluding hydrogens is 248 g/mol. The number of nitrogens with two attached hydrogens (primary N) is 1. The lowest BCUT2D eigenvalue weighted by Gasteiger charge is -1.87. The van der Waals surface area contributed by atoms with Gasteiger partial charge in [0, 0.05) is 5.75 Å². The van der Waals surface area contributed by atoms with Gasteiger partial charge < -0.3 is 5.73 Å². The van der Waals surface area contributed by atoms with Gasteiger partial charge in [-0.2, -0.15) is 11.8 Å². The summed E-state index contributed by atoms with van der Waals surface area (Å²) in [7, 11) is 0. The van der Waals surface area contributed by atoms with Crippen LogP contribution in [0.3, 0.4) is 0 Å². The molecule has 0 saturated heterocycles. The predicted octanol–water partition coefficient (Wildman–Crippen LogP) is 2.42. The maximum Gasteiger partial charge on any atom is 0.203 e. The van der Waals surface area contributed by atoms with Gasteiger partial charge in [0.05, 0.1) is 10.6 Å². The van der Waals surface area contributed by atoms with Crippen LogP contribution in [0.5, 0.6) is 0 Å². The van der Waals surface area contributed by atoms with Gasteiger partial charge in [-0.15, -0.1) is 21.5 Å². The number of nitrogens with zero attached hydrogens (tertiary/aromatic N) is 3. The summed E-state index contributed by atoms with van der Waals surface area (Å²) < 4.78 is 0. The van der Waals surface area contributed by atoms with Crippen LogP contribution in [0, 0.1) is 6.92 Å². The van der Waals surface area contributed by atoms with Crippen molar-refractivity contribution >= 4 is 39.6 Å². The first-order chi connectivity index (χ1) is 7.20. The van der Waals surface area contributed by atoms with Crippen LogP contribution in [0.4, 0.5) is 5.13 Å². The average Bonchev–Trinajstić information content (AvgIpc) is 2.73. The summed E-state index contributed by atoms with van der Waals surface area (Å²) >= 11 is 4.84. The van der Waals surface area contributed by atoms with Gasteiger partial charge in [-0.25, -0.2) is 4.98 Å². The number of aromatic nitrogens is 3. The second kappa shape index (κ2) is 4.46. The molecule has 0 aromatic carbocycles. The molecule has 0 radical (unpaired) electrons. The summed E-state index contributed by atoms with van der Waals surface area (Å²) in [6.07, 6.45) is 2.07. The van der Waals surface area contributed by atoms with Gasteiger partial charge in [-0.05, 0) is 13.2 Å². The highest BCUT2D eigenvalue weighted by atomic mass is 32.2. The highest BCUT2D eigenvalue weighted by Gasteiger charge is 2.13. The Balaban J connectivity index is 2.35. The third kappa shape index (κ3) is 2.30. The van der Waals surface area contributed by atoms with Crippen LogP contribution in [-0.4, -0.2) is 21.4 Å². The number of thioether (sulfide) groups is 1. The molecule has 2 aromatic rings. The Kier molecular flexibility index (Phi) is 3.22. The average molecular weight is 258 g/mol. The molecule has 0 unspecified atom stereocenters. The first-order valence-corrected chi connectivity index (χ1v) is 7.28. The zero-order chi connectivity index (χ0) is 10.8. The van der Waals surface area contributed by atoms with Crippen LogP contribution in [0.25, 0.3) is 9.88 Å². The summed E-state index contributed by atoms with van der Waals surface area (Å²) in [6, 6.07) is 0. The lowest BCUT2D eigenvalue weighted by molar-refractivity contribution is 1.10. The van der Waals surface area contributed by atoms with Crippen molar-refractivity contribution in [3.05, 3.63) is 10.7 Å². The van der Waals surface area contributed by atoms with Gasteiger partial charge in [0.1, 0.15) is 5.01 Å². The van der Waals surface area contributed by atoms with Crippen LogP contribution < -0.4 is 5.73 Å². The molecule has 80 valence electrons. The van der Waals surface area contributed by atoms with Crippen LogP contribution in [0.15, 0.2) is 0 Å². The summed E-state index contributed by atoms with van der Waals surface area (Å²) in [6.45, 7) is 1.99. The molecule has 2 heterocycles. The van der Waals surface area contributed by atoms with E-state index in [-0.39, 0.29) is 0 Å². The monoisotopic (exact) mass is 258 g/mol. The second-order valence-electron chi connectivity index (χ2n) is 2.90. The van der Waals surface area contributed by atoms with Crippen LogP contribution in [-0.2, 0) is 5.75 Å². The van der Waals surface area contributed by atoms with Crippen LogP contribution in [0.2, 0.25) is 0 Å². The maximum atomic E-state index is 5.56. The van der Waals surface area contributed by atoms with E-state index in [0.717, 1.165) is 26.3 Å². The Morgan fingerprint density at radius 3 is 2.73 bits per heavy atom. The van der Waals surface area contributed by atoms with E-state index in [4.69, 9.17) is 5.73 Å². The molecule has 2 N–H and O–H groups in total. The van der Waals surface area contributed by atoms with E-state index in [9.17, 15) is 0 Å². The first kappa shape index (κ1) is 10.8. The zero-order valence-corrected chi connectivity index (χ0v) is 10.8. The Morgan fingerprint density at radius 1 is 1.33 bits per heavy atom. The molecule has 0 spiro atoms. The third-order valence-corrected chi connectivity index (χ3v) is 4.55. The van der Waals surface area contributed by atoms with Gasteiger partial charge in [0.25, 0.3) is 0 Å². The molecule has 0 saturated carbocycles. The van der Waals surface area contributed by atoms with Gasteiger partial charge in [-0.3, -0.25) is 0 Å². The minimum absolute atomic E-state index is 0.504. The van der Waals surface area contributed by atoms with E-state index in [1.54, 1.807) is 23.1 Å². The summed E-state index contributed by atoms with van der Waals surface area (Å²) in [4.78, 5) is 5.57. The van der Waals surface area contributed by atoms with Crippen molar-refractivity contribution in [2.45, 2.75) is 12.7 Å². The van der Waals surface area contributed by atoms with Crippen molar-refractivity contribution in [2.24, 2.45) is 0 Å². The highest BCUT2D eigenvalue weighted by molar-refractivity contribution is 7.97. The zero-order valence-electron chi connectivity index (χ0n) is 8.35. The number of aryl methyl sites for hydroxylation is 1. The van der Waals surface area contributed by atoms with Crippen molar-refractivity contribution < 1.29 is 0 Å². The van der Waals surface area contributed by atoms with Crippen molar-refractivity contribution in [1.29, 1.82) is 0 Å². The molecule has 0 aliphatic rings. The largest absolute Gasteiger partial charge is 0.374 e. The maximum absolute atomic E-state index is 5.56. The molecular formula is C8H10N4S3. The Labute approximate surface area is 100.0 Å². The Hall–Kier alpha value is -0.660. The number of hydrogen-bond acceptors (Lipinski definition) is 7. The second-order valence-corrected chi connectivity index (χ2v) is 5.86. The molecule has 4 nitrogen and oxygen atoms in total. The Morgan fingerprint density at radius 2 is 2.13 bits per heavy atom. The van der Waals surface area contributed by atoms with E-state index in [2.05, 4.69) is 21.4 Å². The standard InChI is InChI=1S/C8H10N4S3/c1-4-6(7-11-12-8(9)15-7)14-5(10-4)3-13-2/h3H2,1-2H3,(H2,9,12). The fraction of sp³-hybridized carbons (Fsp3) is 0.375. The normalized spacial score (nSPS) is 10.8. The van der Waals surface area contributed by atoms with E-state index >= 15 is 0 Å². The van der Waals surface area contributed by atoms with E-state index in [1.165, 1.54) is 11.3 Å². The van der Waals surface area contributed by atoms with Crippen LogP contribution >= 0.6 is 34.4 Å². The van der Waals surface area contributed by atoms with Gasteiger partial charge in [-0.1, -0.05) is 11.3 Å². The minimum Gasteiger partial charge on any atom is -0.374 e. The number of anilines is 1. The third-order valence-electron chi connectivity index (χ3n) is 1.74. The predicted molar refractivity (Wildman–Crippen MR) is 67.4 cm³/mol. The number of hydrogen-bond donors (Lipinski definition) is 1. The number of nitrogen functional groups attached to an aromatic ring is 1. The highest BCUT2D eigenvalue weighted by Crippen LogP contribution is 2.33. The van der Waals surface area contributed by atoms with E-state index in [1.807, 2.05) is 6.92 Å². The van der Waals surface area contributed by atoms with E-state index < -0.39 is 0 Å². The summed E-state index contributed by atoms with van der Waals surface area (Å²) in [5.41, 5.74) is 6.57. The van der Waals surface area contributed by atoms with Gasteiger partial charge in [0.15, 0.2) is 5.01 Å². The van der Waals surface area contributed by atoms with E-state index in [0.29, 0.717) is 5.13 Å². The van der Waals surface area contributed by atoms with Gasteiger partial charge >= 0.3 is 0 Å². The summed E-state index contributed by atoms with van der Waals surface area (Å²) in [5, 5.41) is 10.3. The molecule has 0 amide bonds. The molecule has 15 heavy (non-hydrogen) atoms.